The SMILES string of the molecule is CC(Cc1cccc(C#N)c1)C(C)(C)C. The zero-order valence-corrected chi connectivity index (χ0v) is 10.0. The lowest BCUT2D eigenvalue weighted by Crippen LogP contribution is -2.19. The first-order chi connectivity index (χ1) is 6.93. The molecule has 80 valence electrons. The molecule has 0 aromatic heterocycles. The predicted octanol–water partition coefficient (Wildman–Crippen LogP) is 3.78. The Bertz CT molecular complexity index is 366. The Kier molecular flexibility index (Phi) is 3.52. The third-order valence-corrected chi connectivity index (χ3v) is 3.08. The summed E-state index contributed by atoms with van der Waals surface area (Å²) in [6, 6.07) is 10.1. The number of nitriles is 1. The molecule has 1 nitrogen and oxygen atoms in total. The summed E-state index contributed by atoms with van der Waals surface area (Å²) in [4.78, 5) is 0. The van der Waals surface area contributed by atoms with Crippen molar-refractivity contribution in [2.75, 3.05) is 0 Å². The molecule has 1 heteroatoms. The molecule has 0 radical (unpaired) electrons. The Morgan fingerprint density at radius 3 is 2.53 bits per heavy atom. The Hall–Kier alpha value is -1.29. The van der Waals surface area contributed by atoms with Crippen LogP contribution in [0.5, 0.6) is 0 Å². The van der Waals surface area contributed by atoms with Gasteiger partial charge < -0.3 is 0 Å². The average Bonchev–Trinajstić information content (AvgIpc) is 2.16. The van der Waals surface area contributed by atoms with Crippen molar-refractivity contribution in [1.29, 1.82) is 5.26 Å². The molecule has 1 aromatic carbocycles. The predicted molar refractivity (Wildman–Crippen MR) is 63.5 cm³/mol. The van der Waals surface area contributed by atoms with Gasteiger partial charge in [-0.25, -0.2) is 0 Å². The molecule has 1 rings (SSSR count). The van der Waals surface area contributed by atoms with Crippen molar-refractivity contribution in [2.24, 2.45) is 11.3 Å². The van der Waals surface area contributed by atoms with Crippen molar-refractivity contribution in [3.8, 4) is 6.07 Å². The lowest BCUT2D eigenvalue weighted by Gasteiger charge is -2.27. The molecule has 0 bridgehead atoms. The number of hydrogen-bond acceptors (Lipinski definition) is 1. The van der Waals surface area contributed by atoms with Gasteiger partial charge in [0, 0.05) is 0 Å². The van der Waals surface area contributed by atoms with E-state index < -0.39 is 0 Å². The van der Waals surface area contributed by atoms with E-state index in [9.17, 15) is 0 Å². The Labute approximate surface area is 92.7 Å². The molecule has 0 aliphatic carbocycles. The fraction of sp³-hybridized carbons (Fsp3) is 0.500. The van der Waals surface area contributed by atoms with Crippen molar-refractivity contribution in [3.63, 3.8) is 0 Å². The second kappa shape index (κ2) is 4.49. The van der Waals surface area contributed by atoms with E-state index in [1.54, 1.807) is 0 Å². The first-order valence-electron chi connectivity index (χ1n) is 5.42. The molecule has 0 N–H and O–H groups in total. The fourth-order valence-electron chi connectivity index (χ4n) is 1.43. The summed E-state index contributed by atoms with van der Waals surface area (Å²) in [7, 11) is 0. The van der Waals surface area contributed by atoms with E-state index in [0.717, 1.165) is 12.0 Å². The minimum Gasteiger partial charge on any atom is -0.192 e. The zero-order chi connectivity index (χ0) is 11.5. The first-order valence-corrected chi connectivity index (χ1v) is 5.42. The van der Waals surface area contributed by atoms with E-state index in [1.165, 1.54) is 5.56 Å². The zero-order valence-electron chi connectivity index (χ0n) is 10.0. The van der Waals surface area contributed by atoms with Crippen LogP contribution < -0.4 is 0 Å². The van der Waals surface area contributed by atoms with Gasteiger partial charge in [-0.3, -0.25) is 0 Å². The van der Waals surface area contributed by atoms with Crippen LogP contribution in [0, 0.1) is 22.7 Å². The number of hydrogen-bond donors (Lipinski definition) is 0. The third kappa shape index (κ3) is 3.40. The topological polar surface area (TPSA) is 23.8 Å². The standard InChI is InChI=1S/C14H19N/c1-11(14(2,3)4)8-12-6-5-7-13(9-12)10-15/h5-7,9,11H,8H2,1-4H3. The van der Waals surface area contributed by atoms with E-state index in [0.29, 0.717) is 11.3 Å². The summed E-state index contributed by atoms with van der Waals surface area (Å²) in [5, 5.41) is 8.81. The quantitative estimate of drug-likeness (QED) is 0.714. The first kappa shape index (κ1) is 11.8. The van der Waals surface area contributed by atoms with Gasteiger partial charge in [0.15, 0.2) is 0 Å². The van der Waals surface area contributed by atoms with E-state index in [-0.39, 0.29) is 0 Å². The molecule has 0 aliphatic heterocycles. The van der Waals surface area contributed by atoms with Crippen LogP contribution in [0.2, 0.25) is 0 Å². The third-order valence-electron chi connectivity index (χ3n) is 3.08. The van der Waals surface area contributed by atoms with Crippen molar-refractivity contribution >= 4 is 0 Å². The number of nitrogens with zero attached hydrogens (tertiary/aromatic N) is 1. The van der Waals surface area contributed by atoms with Crippen LogP contribution in [0.15, 0.2) is 24.3 Å². The Balaban J connectivity index is 2.78. The summed E-state index contributed by atoms with van der Waals surface area (Å²) >= 11 is 0. The van der Waals surface area contributed by atoms with Crippen molar-refractivity contribution in [1.82, 2.24) is 0 Å². The van der Waals surface area contributed by atoms with E-state index in [1.807, 2.05) is 18.2 Å². The average molecular weight is 201 g/mol. The van der Waals surface area contributed by atoms with Crippen molar-refractivity contribution in [3.05, 3.63) is 35.4 Å². The molecule has 15 heavy (non-hydrogen) atoms. The molecule has 0 saturated heterocycles. The van der Waals surface area contributed by atoms with Gasteiger partial charge in [0.2, 0.25) is 0 Å². The molecule has 0 fully saturated rings. The monoisotopic (exact) mass is 201 g/mol. The van der Waals surface area contributed by atoms with E-state index in [2.05, 4.69) is 39.8 Å². The maximum Gasteiger partial charge on any atom is 0.0991 e. The van der Waals surface area contributed by atoms with Crippen LogP contribution in [-0.2, 0) is 6.42 Å². The second-order valence-corrected chi connectivity index (χ2v) is 5.28. The smallest absolute Gasteiger partial charge is 0.0991 e. The summed E-state index contributed by atoms with van der Waals surface area (Å²) in [5.41, 5.74) is 2.34. The molecular weight excluding hydrogens is 182 g/mol. The highest BCUT2D eigenvalue weighted by Gasteiger charge is 2.19. The summed E-state index contributed by atoms with van der Waals surface area (Å²) in [5.74, 6) is 0.617. The van der Waals surface area contributed by atoms with Gasteiger partial charge in [-0.05, 0) is 35.4 Å². The molecule has 0 amide bonds. The highest BCUT2D eigenvalue weighted by Crippen LogP contribution is 2.28. The second-order valence-electron chi connectivity index (χ2n) is 5.28. The minimum atomic E-state index is 0.322. The van der Waals surface area contributed by atoms with Gasteiger partial charge in [-0.15, -0.1) is 0 Å². The van der Waals surface area contributed by atoms with Crippen LogP contribution >= 0.6 is 0 Å². The molecule has 0 heterocycles. The van der Waals surface area contributed by atoms with Crippen LogP contribution in [0.3, 0.4) is 0 Å². The van der Waals surface area contributed by atoms with E-state index in [4.69, 9.17) is 5.26 Å². The van der Waals surface area contributed by atoms with Gasteiger partial charge in [0.25, 0.3) is 0 Å². The van der Waals surface area contributed by atoms with Crippen molar-refractivity contribution in [2.45, 2.75) is 34.1 Å². The summed E-state index contributed by atoms with van der Waals surface area (Å²) < 4.78 is 0. The van der Waals surface area contributed by atoms with Crippen LogP contribution in [0.1, 0.15) is 38.8 Å². The molecule has 1 atom stereocenters. The molecule has 0 spiro atoms. The fourth-order valence-corrected chi connectivity index (χ4v) is 1.43. The molecule has 0 aliphatic rings. The summed E-state index contributed by atoms with van der Waals surface area (Å²) in [6.07, 6.45) is 1.04. The van der Waals surface area contributed by atoms with Crippen LogP contribution in [0.4, 0.5) is 0 Å². The van der Waals surface area contributed by atoms with Crippen molar-refractivity contribution < 1.29 is 0 Å². The molecular formula is C14H19N. The van der Waals surface area contributed by atoms with Gasteiger partial charge in [0.1, 0.15) is 0 Å². The van der Waals surface area contributed by atoms with E-state index >= 15 is 0 Å². The van der Waals surface area contributed by atoms with Gasteiger partial charge >= 0.3 is 0 Å². The minimum absolute atomic E-state index is 0.322. The Morgan fingerprint density at radius 2 is 2.00 bits per heavy atom. The molecule has 0 saturated carbocycles. The largest absolute Gasteiger partial charge is 0.192 e. The maximum atomic E-state index is 8.81. The molecule has 1 aromatic rings. The highest BCUT2D eigenvalue weighted by molar-refractivity contribution is 5.32. The lowest BCUT2D eigenvalue weighted by atomic mass is 9.78. The van der Waals surface area contributed by atoms with Gasteiger partial charge in [0.05, 0.1) is 11.6 Å². The van der Waals surface area contributed by atoms with Gasteiger partial charge in [-0.1, -0.05) is 39.8 Å². The molecule has 1 unspecified atom stereocenters. The number of benzene rings is 1. The van der Waals surface area contributed by atoms with Gasteiger partial charge in [-0.2, -0.15) is 5.26 Å². The number of rotatable bonds is 2. The van der Waals surface area contributed by atoms with Crippen LogP contribution in [-0.4, -0.2) is 0 Å². The normalized spacial score (nSPS) is 13.3. The Morgan fingerprint density at radius 1 is 1.33 bits per heavy atom. The lowest BCUT2D eigenvalue weighted by molar-refractivity contribution is 0.260. The van der Waals surface area contributed by atoms with Crippen LogP contribution in [0.25, 0.3) is 0 Å². The highest BCUT2D eigenvalue weighted by atomic mass is 14.3. The summed E-state index contributed by atoms with van der Waals surface area (Å²) in [6.45, 7) is 9.03. The maximum absolute atomic E-state index is 8.81.